The van der Waals surface area contributed by atoms with Crippen LogP contribution in [-0.4, -0.2) is 16.0 Å². The van der Waals surface area contributed by atoms with E-state index in [9.17, 15) is 15.0 Å². The molecule has 0 fully saturated rings. The van der Waals surface area contributed by atoms with E-state index in [1.807, 2.05) is 0 Å². The molecule has 0 amide bonds. The molecule has 16 heavy (non-hydrogen) atoms. The molecule has 0 aliphatic carbocycles. The number of para-hydroxylation sites is 1. The second-order valence-corrected chi connectivity index (χ2v) is 3.91. The molecule has 1 rings (SSSR count). The summed E-state index contributed by atoms with van der Waals surface area (Å²) >= 11 is 0. The number of benzene rings is 1. The van der Waals surface area contributed by atoms with Gasteiger partial charge in [0.1, 0.15) is 0 Å². The van der Waals surface area contributed by atoms with Crippen molar-refractivity contribution in [2.45, 2.75) is 39.0 Å². The fraction of sp³-hybridized carbons (Fsp3) is 0.462. The monoisotopic (exact) mass is 222 g/mol. The number of phenols is 2. The molecule has 0 unspecified atom stereocenters. The lowest BCUT2D eigenvalue weighted by molar-refractivity contribution is 0.0976. The fourth-order valence-electron chi connectivity index (χ4n) is 1.60. The minimum absolute atomic E-state index is 0.107. The molecule has 0 spiro atoms. The summed E-state index contributed by atoms with van der Waals surface area (Å²) in [6.07, 6.45) is 4.55. The summed E-state index contributed by atoms with van der Waals surface area (Å²) < 4.78 is 0. The van der Waals surface area contributed by atoms with E-state index in [1.54, 1.807) is 6.07 Å². The maximum absolute atomic E-state index is 11.7. The van der Waals surface area contributed by atoms with Gasteiger partial charge in [-0.2, -0.15) is 0 Å². The highest BCUT2D eigenvalue weighted by atomic mass is 16.3. The predicted molar refractivity (Wildman–Crippen MR) is 62.9 cm³/mol. The van der Waals surface area contributed by atoms with Crippen LogP contribution in [0.5, 0.6) is 11.5 Å². The Balaban J connectivity index is 2.56. The first-order valence-corrected chi connectivity index (χ1v) is 5.71. The molecule has 3 heteroatoms. The third-order valence-electron chi connectivity index (χ3n) is 2.57. The Morgan fingerprint density at radius 3 is 2.62 bits per heavy atom. The van der Waals surface area contributed by atoms with E-state index in [-0.39, 0.29) is 22.8 Å². The van der Waals surface area contributed by atoms with Crippen LogP contribution in [0.4, 0.5) is 0 Å². The number of rotatable bonds is 6. The highest BCUT2D eigenvalue weighted by Gasteiger charge is 2.12. The van der Waals surface area contributed by atoms with Crippen molar-refractivity contribution < 1.29 is 15.0 Å². The van der Waals surface area contributed by atoms with Crippen LogP contribution in [0.15, 0.2) is 18.2 Å². The normalized spacial score (nSPS) is 10.3. The second-order valence-electron chi connectivity index (χ2n) is 3.91. The van der Waals surface area contributed by atoms with Crippen molar-refractivity contribution in [3.05, 3.63) is 23.8 Å². The van der Waals surface area contributed by atoms with Crippen LogP contribution in [0.25, 0.3) is 0 Å². The summed E-state index contributed by atoms with van der Waals surface area (Å²) in [6.45, 7) is 2.11. The molecule has 0 aliphatic rings. The summed E-state index contributed by atoms with van der Waals surface area (Å²) in [6, 6.07) is 4.47. The average Bonchev–Trinajstić information content (AvgIpc) is 2.28. The van der Waals surface area contributed by atoms with Crippen molar-refractivity contribution in [2.24, 2.45) is 0 Å². The van der Waals surface area contributed by atoms with E-state index in [0.717, 1.165) is 25.7 Å². The number of hydrogen-bond donors (Lipinski definition) is 2. The van der Waals surface area contributed by atoms with Gasteiger partial charge in [0.15, 0.2) is 17.3 Å². The minimum atomic E-state index is -0.303. The number of carbonyl (C=O) groups excluding carboxylic acids is 1. The van der Waals surface area contributed by atoms with Crippen molar-refractivity contribution in [3.8, 4) is 11.5 Å². The van der Waals surface area contributed by atoms with Gasteiger partial charge in [0.2, 0.25) is 0 Å². The first-order chi connectivity index (χ1) is 7.66. The van der Waals surface area contributed by atoms with E-state index in [2.05, 4.69) is 6.92 Å². The highest BCUT2D eigenvalue weighted by molar-refractivity contribution is 5.99. The second kappa shape index (κ2) is 6.16. The van der Waals surface area contributed by atoms with Crippen molar-refractivity contribution in [1.29, 1.82) is 0 Å². The molecule has 0 atom stereocenters. The highest BCUT2D eigenvalue weighted by Crippen LogP contribution is 2.29. The van der Waals surface area contributed by atoms with Crippen LogP contribution >= 0.6 is 0 Å². The zero-order valence-electron chi connectivity index (χ0n) is 9.57. The Morgan fingerprint density at radius 2 is 1.94 bits per heavy atom. The molecule has 1 aromatic rings. The third kappa shape index (κ3) is 3.26. The zero-order chi connectivity index (χ0) is 12.0. The van der Waals surface area contributed by atoms with Gasteiger partial charge in [-0.05, 0) is 18.6 Å². The smallest absolute Gasteiger partial charge is 0.168 e. The largest absolute Gasteiger partial charge is 0.504 e. The van der Waals surface area contributed by atoms with Gasteiger partial charge in [0.05, 0.1) is 5.56 Å². The Morgan fingerprint density at radius 1 is 1.19 bits per heavy atom. The molecule has 2 N–H and O–H groups in total. The number of hydrogen-bond acceptors (Lipinski definition) is 3. The first kappa shape index (κ1) is 12.6. The molecule has 0 radical (unpaired) electrons. The standard InChI is InChI=1S/C13H18O3/c1-2-3-4-5-8-11(14)10-7-6-9-12(15)13(10)16/h6-7,9,15-16H,2-5,8H2,1H3. The molecular formula is C13H18O3. The van der Waals surface area contributed by atoms with Crippen molar-refractivity contribution in [2.75, 3.05) is 0 Å². The van der Waals surface area contributed by atoms with E-state index < -0.39 is 0 Å². The molecular weight excluding hydrogens is 204 g/mol. The SMILES string of the molecule is CCCCCCC(=O)c1cccc(O)c1O. The number of phenolic OH excluding ortho intramolecular Hbond substituents is 2. The number of aromatic hydroxyl groups is 2. The molecule has 0 heterocycles. The summed E-state index contributed by atoms with van der Waals surface area (Å²) in [5, 5.41) is 18.8. The van der Waals surface area contributed by atoms with E-state index in [4.69, 9.17) is 0 Å². The maximum Gasteiger partial charge on any atom is 0.168 e. The maximum atomic E-state index is 11.7. The molecule has 0 bridgehead atoms. The summed E-state index contributed by atoms with van der Waals surface area (Å²) in [5.74, 6) is -0.646. The van der Waals surface area contributed by atoms with Gasteiger partial charge in [-0.25, -0.2) is 0 Å². The number of carbonyl (C=O) groups is 1. The van der Waals surface area contributed by atoms with Crippen LogP contribution in [0.3, 0.4) is 0 Å². The van der Waals surface area contributed by atoms with E-state index in [0.29, 0.717) is 6.42 Å². The molecule has 3 nitrogen and oxygen atoms in total. The van der Waals surface area contributed by atoms with Gasteiger partial charge in [-0.3, -0.25) is 4.79 Å². The number of unbranched alkanes of at least 4 members (excludes halogenated alkanes) is 3. The third-order valence-corrected chi connectivity index (χ3v) is 2.57. The Kier molecular flexibility index (Phi) is 4.83. The van der Waals surface area contributed by atoms with Gasteiger partial charge in [0.25, 0.3) is 0 Å². The molecule has 1 aromatic carbocycles. The first-order valence-electron chi connectivity index (χ1n) is 5.71. The number of ketones is 1. The Bertz CT molecular complexity index is 358. The molecule has 0 saturated carbocycles. The van der Waals surface area contributed by atoms with Crippen LogP contribution < -0.4 is 0 Å². The van der Waals surface area contributed by atoms with Crippen LogP contribution in [0, 0.1) is 0 Å². The van der Waals surface area contributed by atoms with Crippen molar-refractivity contribution in [1.82, 2.24) is 0 Å². The quantitative estimate of drug-likeness (QED) is 0.441. The van der Waals surface area contributed by atoms with Crippen LogP contribution in [-0.2, 0) is 0 Å². The van der Waals surface area contributed by atoms with E-state index >= 15 is 0 Å². The number of Topliss-reactive ketones (excluding diaryl/α,β-unsaturated/α-hetero) is 1. The summed E-state index contributed by atoms with van der Waals surface area (Å²) in [5.41, 5.74) is 0.219. The van der Waals surface area contributed by atoms with E-state index in [1.165, 1.54) is 12.1 Å². The molecule has 0 aromatic heterocycles. The van der Waals surface area contributed by atoms with Gasteiger partial charge in [-0.1, -0.05) is 32.3 Å². The Labute approximate surface area is 95.7 Å². The van der Waals surface area contributed by atoms with Gasteiger partial charge in [-0.15, -0.1) is 0 Å². The molecule has 0 aliphatic heterocycles. The van der Waals surface area contributed by atoms with Gasteiger partial charge in [0, 0.05) is 6.42 Å². The van der Waals surface area contributed by atoms with Gasteiger partial charge >= 0.3 is 0 Å². The lowest BCUT2D eigenvalue weighted by Crippen LogP contribution is -1.99. The van der Waals surface area contributed by atoms with Crippen molar-refractivity contribution >= 4 is 5.78 Å². The predicted octanol–water partition coefficient (Wildman–Crippen LogP) is 3.25. The summed E-state index contributed by atoms with van der Waals surface area (Å²) in [4.78, 5) is 11.7. The van der Waals surface area contributed by atoms with Crippen LogP contribution in [0.1, 0.15) is 49.4 Å². The molecule has 0 saturated heterocycles. The topological polar surface area (TPSA) is 57.5 Å². The lowest BCUT2D eigenvalue weighted by Gasteiger charge is -2.04. The summed E-state index contributed by atoms with van der Waals surface area (Å²) in [7, 11) is 0. The average molecular weight is 222 g/mol. The lowest BCUT2D eigenvalue weighted by atomic mass is 10.0. The fourth-order valence-corrected chi connectivity index (χ4v) is 1.60. The van der Waals surface area contributed by atoms with Gasteiger partial charge < -0.3 is 10.2 Å². The Hall–Kier alpha value is -1.51. The van der Waals surface area contributed by atoms with Crippen molar-refractivity contribution in [3.63, 3.8) is 0 Å². The molecule has 88 valence electrons. The minimum Gasteiger partial charge on any atom is -0.504 e. The van der Waals surface area contributed by atoms with Crippen LogP contribution in [0.2, 0.25) is 0 Å². The zero-order valence-corrected chi connectivity index (χ0v) is 9.57.